The van der Waals surface area contributed by atoms with Crippen molar-refractivity contribution in [1.82, 2.24) is 9.97 Å². The molecule has 0 unspecified atom stereocenters. The summed E-state index contributed by atoms with van der Waals surface area (Å²) in [5.41, 5.74) is 0.203. The Morgan fingerprint density at radius 2 is 1.09 bits per heavy atom. The van der Waals surface area contributed by atoms with Crippen LogP contribution in [0.2, 0.25) is 0 Å². The number of rotatable bonds is 8. The maximum absolute atomic E-state index is 12.7. The van der Waals surface area contributed by atoms with Gasteiger partial charge < -0.3 is 4.74 Å². The molecule has 4 rings (SSSR count). The van der Waals surface area contributed by atoms with Gasteiger partial charge in [0.1, 0.15) is 11.5 Å². The first-order valence-electron chi connectivity index (χ1n) is 9.58. The quantitative estimate of drug-likeness (QED) is 0.390. The Kier molecular flexibility index (Phi) is 6.24. The molecule has 0 radical (unpaired) electrons. The van der Waals surface area contributed by atoms with E-state index in [1.807, 2.05) is 18.2 Å². The van der Waals surface area contributed by atoms with Crippen molar-refractivity contribution < 1.29 is 21.6 Å². The van der Waals surface area contributed by atoms with Gasteiger partial charge in [0.05, 0.1) is 9.79 Å². The molecule has 1 heterocycles. The Morgan fingerprint density at radius 1 is 0.576 bits per heavy atom. The van der Waals surface area contributed by atoms with Gasteiger partial charge in [0.25, 0.3) is 20.0 Å². The van der Waals surface area contributed by atoms with Crippen molar-refractivity contribution in [3.05, 3.63) is 97.3 Å². The highest BCUT2D eigenvalue weighted by molar-refractivity contribution is 7.93. The Labute approximate surface area is 191 Å². The van der Waals surface area contributed by atoms with E-state index >= 15 is 0 Å². The van der Waals surface area contributed by atoms with E-state index in [9.17, 15) is 16.8 Å². The molecule has 0 saturated carbocycles. The highest BCUT2D eigenvalue weighted by atomic mass is 32.2. The van der Waals surface area contributed by atoms with Crippen LogP contribution in [0.1, 0.15) is 0 Å². The minimum Gasteiger partial charge on any atom is -0.457 e. The van der Waals surface area contributed by atoms with Crippen molar-refractivity contribution >= 4 is 31.7 Å². The van der Waals surface area contributed by atoms with Gasteiger partial charge in [0.15, 0.2) is 0 Å². The minimum atomic E-state index is -3.92. The van der Waals surface area contributed by atoms with Gasteiger partial charge in [-0.05, 0) is 66.7 Å². The molecule has 11 heteroatoms. The fourth-order valence-electron chi connectivity index (χ4n) is 2.76. The third-order valence-corrected chi connectivity index (χ3v) is 7.06. The van der Waals surface area contributed by atoms with E-state index in [2.05, 4.69) is 19.4 Å². The normalized spacial score (nSPS) is 11.5. The maximum atomic E-state index is 12.7. The summed E-state index contributed by atoms with van der Waals surface area (Å²) >= 11 is 0. The molecule has 0 aliphatic carbocycles. The van der Waals surface area contributed by atoms with E-state index in [1.54, 1.807) is 30.3 Å². The van der Waals surface area contributed by atoms with Gasteiger partial charge in [-0.15, -0.1) is 0 Å². The van der Waals surface area contributed by atoms with Crippen LogP contribution in [0.3, 0.4) is 0 Å². The summed E-state index contributed by atoms with van der Waals surface area (Å²) in [6.45, 7) is 0. The zero-order chi connectivity index (χ0) is 23.3. The van der Waals surface area contributed by atoms with E-state index in [0.717, 1.165) is 0 Å². The number of aromatic nitrogens is 2. The monoisotopic (exact) mass is 482 g/mol. The van der Waals surface area contributed by atoms with Crippen LogP contribution in [0.5, 0.6) is 11.5 Å². The van der Waals surface area contributed by atoms with E-state index in [-0.39, 0.29) is 21.4 Å². The lowest BCUT2D eigenvalue weighted by atomic mass is 10.3. The first-order chi connectivity index (χ1) is 15.8. The van der Waals surface area contributed by atoms with Crippen molar-refractivity contribution in [2.24, 2.45) is 0 Å². The van der Waals surface area contributed by atoms with Crippen LogP contribution >= 0.6 is 0 Å². The second kappa shape index (κ2) is 9.27. The summed E-state index contributed by atoms with van der Waals surface area (Å²) in [6, 6.07) is 21.9. The lowest BCUT2D eigenvalue weighted by Gasteiger charge is -2.11. The number of para-hydroxylation sites is 1. The molecule has 0 atom stereocenters. The summed E-state index contributed by atoms with van der Waals surface area (Å²) in [6.07, 6.45) is 2.81. The summed E-state index contributed by atoms with van der Waals surface area (Å²) in [5, 5.41) is 0. The third kappa shape index (κ3) is 5.64. The predicted molar refractivity (Wildman–Crippen MR) is 123 cm³/mol. The fraction of sp³-hybridized carbons (Fsp3) is 0. The number of sulfonamides is 2. The lowest BCUT2D eigenvalue weighted by Crippen LogP contribution is -2.15. The molecule has 0 aliphatic rings. The molecular formula is C22H18N4O5S2. The second-order valence-corrected chi connectivity index (χ2v) is 10.1. The van der Waals surface area contributed by atoms with Crippen molar-refractivity contribution in [1.29, 1.82) is 0 Å². The molecule has 9 nitrogen and oxygen atoms in total. The zero-order valence-corrected chi connectivity index (χ0v) is 18.6. The van der Waals surface area contributed by atoms with Crippen molar-refractivity contribution in [3.8, 4) is 11.5 Å². The van der Waals surface area contributed by atoms with Crippen LogP contribution in [0.25, 0.3) is 0 Å². The predicted octanol–water partition coefficient (Wildman–Crippen LogP) is 3.87. The minimum absolute atomic E-state index is 0.0301. The van der Waals surface area contributed by atoms with Gasteiger partial charge in [-0.1, -0.05) is 18.2 Å². The number of hydrogen-bond donors (Lipinski definition) is 2. The van der Waals surface area contributed by atoms with Gasteiger partial charge in [0, 0.05) is 18.1 Å². The summed E-state index contributed by atoms with van der Waals surface area (Å²) in [4.78, 5) is 7.59. The van der Waals surface area contributed by atoms with Crippen LogP contribution in [0.15, 0.2) is 107 Å². The highest BCUT2D eigenvalue weighted by Gasteiger charge is 2.18. The van der Waals surface area contributed by atoms with Gasteiger partial charge in [-0.25, -0.2) is 31.5 Å². The second-order valence-electron chi connectivity index (χ2n) is 6.69. The number of hydrogen-bond acceptors (Lipinski definition) is 7. The zero-order valence-electron chi connectivity index (χ0n) is 17.0. The SMILES string of the molecule is O=S(=O)(Nc1ccc(S(=O)(=O)Nc2ncccn2)cc1)c1ccc(Oc2ccccc2)cc1. The average molecular weight is 483 g/mol. The first kappa shape index (κ1) is 22.2. The molecule has 0 saturated heterocycles. The Bertz CT molecular complexity index is 1430. The maximum Gasteiger partial charge on any atom is 0.264 e. The molecule has 33 heavy (non-hydrogen) atoms. The van der Waals surface area contributed by atoms with Gasteiger partial charge in [0.2, 0.25) is 5.95 Å². The average Bonchev–Trinajstić information content (AvgIpc) is 2.81. The van der Waals surface area contributed by atoms with Crippen LogP contribution < -0.4 is 14.2 Å². The van der Waals surface area contributed by atoms with Crippen LogP contribution in [-0.2, 0) is 20.0 Å². The lowest BCUT2D eigenvalue weighted by molar-refractivity contribution is 0.482. The molecular weight excluding hydrogens is 464 g/mol. The molecule has 0 spiro atoms. The summed E-state index contributed by atoms with van der Waals surface area (Å²) in [7, 11) is -7.81. The largest absolute Gasteiger partial charge is 0.457 e. The standard InChI is InChI=1S/C22H18N4O5S2/c27-32(28,21-13-9-19(10-14-21)31-18-5-2-1-3-6-18)25-17-7-11-20(12-8-17)33(29,30)26-22-23-15-4-16-24-22/h1-16,25H,(H,23,24,26). The number of ether oxygens (including phenoxy) is 1. The van der Waals surface area contributed by atoms with Crippen LogP contribution in [-0.4, -0.2) is 26.8 Å². The summed E-state index contributed by atoms with van der Waals surface area (Å²) < 4.78 is 60.6. The number of nitrogens with one attached hydrogen (secondary N) is 2. The summed E-state index contributed by atoms with van der Waals surface area (Å²) in [5.74, 6) is 1.06. The molecule has 168 valence electrons. The van der Waals surface area contributed by atoms with Gasteiger partial charge >= 0.3 is 0 Å². The number of anilines is 2. The highest BCUT2D eigenvalue weighted by Crippen LogP contribution is 2.24. The Morgan fingerprint density at radius 3 is 1.70 bits per heavy atom. The molecule has 0 bridgehead atoms. The van der Waals surface area contributed by atoms with Gasteiger partial charge in [-0.2, -0.15) is 0 Å². The first-order valence-corrected chi connectivity index (χ1v) is 12.5. The third-order valence-electron chi connectivity index (χ3n) is 4.32. The van der Waals surface area contributed by atoms with E-state index in [0.29, 0.717) is 11.5 Å². The molecule has 0 fully saturated rings. The molecule has 2 N–H and O–H groups in total. The van der Waals surface area contributed by atoms with Gasteiger partial charge in [-0.3, -0.25) is 4.72 Å². The van der Waals surface area contributed by atoms with E-state index in [4.69, 9.17) is 4.74 Å². The number of benzene rings is 3. The molecule has 0 amide bonds. The smallest absolute Gasteiger partial charge is 0.264 e. The van der Waals surface area contributed by atoms with Crippen molar-refractivity contribution in [2.45, 2.75) is 9.79 Å². The van der Waals surface area contributed by atoms with Crippen LogP contribution in [0.4, 0.5) is 11.6 Å². The molecule has 1 aromatic heterocycles. The molecule has 4 aromatic rings. The number of nitrogens with zero attached hydrogens (tertiary/aromatic N) is 2. The molecule has 3 aromatic carbocycles. The van der Waals surface area contributed by atoms with E-state index in [1.165, 1.54) is 48.8 Å². The van der Waals surface area contributed by atoms with E-state index < -0.39 is 20.0 Å². The van der Waals surface area contributed by atoms with Crippen molar-refractivity contribution in [2.75, 3.05) is 9.44 Å². The fourth-order valence-corrected chi connectivity index (χ4v) is 4.78. The van der Waals surface area contributed by atoms with Crippen molar-refractivity contribution in [3.63, 3.8) is 0 Å². The molecule has 0 aliphatic heterocycles. The van der Waals surface area contributed by atoms with Crippen LogP contribution in [0, 0.1) is 0 Å². The Hall–Kier alpha value is -3.96. The Balaban J connectivity index is 1.45. The topological polar surface area (TPSA) is 127 Å².